The van der Waals surface area contributed by atoms with Gasteiger partial charge in [0.1, 0.15) is 11.4 Å². The first-order valence-corrected chi connectivity index (χ1v) is 9.48. The van der Waals surface area contributed by atoms with Gasteiger partial charge in [-0.15, -0.1) is 11.3 Å². The third-order valence-corrected chi connectivity index (χ3v) is 4.71. The maximum atomic E-state index is 12.6. The number of hydrogen-bond acceptors (Lipinski definition) is 7. The maximum absolute atomic E-state index is 12.6. The summed E-state index contributed by atoms with van der Waals surface area (Å²) in [5.41, 5.74) is 2.51. The lowest BCUT2D eigenvalue weighted by Crippen LogP contribution is -2.16. The van der Waals surface area contributed by atoms with Crippen molar-refractivity contribution in [1.82, 2.24) is 14.8 Å². The van der Waals surface area contributed by atoms with Gasteiger partial charge in [-0.05, 0) is 37.3 Å². The standard InChI is InChI=1S/C19H20N4O4S/c1-4-27-17(24)9-13-11-28-19(20-13)21-18(25)16-10-15(22-23(16)2)12-5-7-14(26-3)8-6-12/h5-8,10-11H,4,9H2,1-3H3,(H,20,21,25). The number of rotatable bonds is 7. The van der Waals surface area contributed by atoms with Gasteiger partial charge in [-0.1, -0.05) is 0 Å². The first-order chi connectivity index (χ1) is 13.5. The third-order valence-electron chi connectivity index (χ3n) is 3.90. The molecule has 0 fully saturated rings. The van der Waals surface area contributed by atoms with E-state index >= 15 is 0 Å². The Bertz CT molecular complexity index is 978. The average Bonchev–Trinajstić information content (AvgIpc) is 3.28. The van der Waals surface area contributed by atoms with Crippen LogP contribution < -0.4 is 10.1 Å². The van der Waals surface area contributed by atoms with E-state index in [0.717, 1.165) is 11.3 Å². The van der Waals surface area contributed by atoms with Crippen LogP contribution in [0, 0.1) is 0 Å². The molecule has 0 spiro atoms. The molecule has 1 N–H and O–H groups in total. The minimum atomic E-state index is -0.346. The summed E-state index contributed by atoms with van der Waals surface area (Å²) in [6, 6.07) is 9.15. The number of methoxy groups -OCH3 is 1. The van der Waals surface area contributed by atoms with Crippen LogP contribution in [0.3, 0.4) is 0 Å². The van der Waals surface area contributed by atoms with Crippen LogP contribution in [0.4, 0.5) is 5.13 Å². The van der Waals surface area contributed by atoms with E-state index < -0.39 is 0 Å². The Morgan fingerprint density at radius 1 is 1.25 bits per heavy atom. The molecule has 0 saturated carbocycles. The Morgan fingerprint density at radius 3 is 2.68 bits per heavy atom. The number of anilines is 1. The van der Waals surface area contributed by atoms with Crippen LogP contribution in [-0.4, -0.2) is 40.4 Å². The van der Waals surface area contributed by atoms with E-state index in [4.69, 9.17) is 9.47 Å². The summed E-state index contributed by atoms with van der Waals surface area (Å²) in [4.78, 5) is 28.4. The quantitative estimate of drug-likeness (QED) is 0.613. The number of ether oxygens (including phenoxy) is 2. The molecule has 3 rings (SSSR count). The normalized spacial score (nSPS) is 10.5. The van der Waals surface area contributed by atoms with E-state index in [1.54, 1.807) is 32.5 Å². The highest BCUT2D eigenvalue weighted by atomic mass is 32.1. The second kappa shape index (κ2) is 8.66. The number of carbonyl (C=O) groups excluding carboxylic acids is 2. The molecule has 0 atom stereocenters. The Labute approximate surface area is 166 Å². The van der Waals surface area contributed by atoms with Crippen LogP contribution >= 0.6 is 11.3 Å². The number of carbonyl (C=O) groups is 2. The zero-order valence-corrected chi connectivity index (χ0v) is 16.6. The van der Waals surface area contributed by atoms with Crippen LogP contribution in [0.15, 0.2) is 35.7 Å². The fourth-order valence-corrected chi connectivity index (χ4v) is 3.25. The molecule has 2 heterocycles. The Kier molecular flexibility index (Phi) is 6.05. The summed E-state index contributed by atoms with van der Waals surface area (Å²) in [6.45, 7) is 2.07. The van der Waals surface area contributed by atoms with Crippen molar-refractivity contribution in [2.24, 2.45) is 7.05 Å². The molecular formula is C19H20N4O4S. The van der Waals surface area contributed by atoms with E-state index in [-0.39, 0.29) is 18.3 Å². The van der Waals surface area contributed by atoms with Gasteiger partial charge in [-0.2, -0.15) is 5.10 Å². The molecule has 0 bridgehead atoms. The van der Waals surface area contributed by atoms with Crippen LogP contribution in [0.5, 0.6) is 5.75 Å². The molecule has 0 radical (unpaired) electrons. The van der Waals surface area contributed by atoms with E-state index in [1.165, 1.54) is 16.0 Å². The highest BCUT2D eigenvalue weighted by molar-refractivity contribution is 7.14. The summed E-state index contributed by atoms with van der Waals surface area (Å²) >= 11 is 1.25. The minimum Gasteiger partial charge on any atom is -0.497 e. The number of benzene rings is 1. The van der Waals surface area contributed by atoms with Crippen molar-refractivity contribution in [3.05, 3.63) is 47.1 Å². The topological polar surface area (TPSA) is 95.3 Å². The van der Waals surface area contributed by atoms with Gasteiger partial charge in [-0.25, -0.2) is 4.98 Å². The molecule has 1 aromatic carbocycles. The van der Waals surface area contributed by atoms with Crippen molar-refractivity contribution < 1.29 is 19.1 Å². The summed E-state index contributed by atoms with van der Waals surface area (Å²) in [6.07, 6.45) is 0.0769. The summed E-state index contributed by atoms with van der Waals surface area (Å²) in [5, 5.41) is 9.28. The van der Waals surface area contributed by atoms with Crippen LogP contribution in [0.2, 0.25) is 0 Å². The van der Waals surface area contributed by atoms with Gasteiger partial charge in [0.25, 0.3) is 5.91 Å². The zero-order valence-electron chi connectivity index (χ0n) is 15.8. The largest absolute Gasteiger partial charge is 0.497 e. The molecular weight excluding hydrogens is 380 g/mol. The van der Waals surface area contributed by atoms with Crippen molar-refractivity contribution in [2.75, 3.05) is 19.0 Å². The van der Waals surface area contributed by atoms with Crippen molar-refractivity contribution in [3.8, 4) is 17.0 Å². The smallest absolute Gasteiger partial charge is 0.311 e. The number of nitrogens with one attached hydrogen (secondary N) is 1. The molecule has 0 unspecified atom stereocenters. The lowest BCUT2D eigenvalue weighted by atomic mass is 10.1. The lowest BCUT2D eigenvalue weighted by molar-refractivity contribution is -0.142. The van der Waals surface area contributed by atoms with E-state index in [9.17, 15) is 9.59 Å². The molecule has 28 heavy (non-hydrogen) atoms. The molecule has 0 aliphatic heterocycles. The lowest BCUT2D eigenvalue weighted by Gasteiger charge is -2.01. The number of esters is 1. The fraction of sp³-hybridized carbons (Fsp3) is 0.263. The molecule has 0 aliphatic carbocycles. The van der Waals surface area contributed by atoms with Crippen LogP contribution in [0.25, 0.3) is 11.3 Å². The SMILES string of the molecule is CCOC(=O)Cc1csc(NC(=O)c2cc(-c3ccc(OC)cc3)nn2C)n1. The minimum absolute atomic E-state index is 0.0769. The van der Waals surface area contributed by atoms with Crippen LogP contribution in [-0.2, 0) is 23.0 Å². The number of thiazole rings is 1. The second-order valence-electron chi connectivity index (χ2n) is 5.85. The molecule has 3 aromatic rings. The molecule has 2 aromatic heterocycles. The molecule has 0 saturated heterocycles. The predicted octanol–water partition coefficient (Wildman–Crippen LogP) is 2.91. The fourth-order valence-electron chi connectivity index (χ4n) is 2.55. The van der Waals surface area contributed by atoms with Crippen molar-refractivity contribution in [1.29, 1.82) is 0 Å². The van der Waals surface area contributed by atoms with Gasteiger partial charge in [0.2, 0.25) is 0 Å². The summed E-state index contributed by atoms with van der Waals surface area (Å²) in [7, 11) is 3.31. The summed E-state index contributed by atoms with van der Waals surface area (Å²) < 4.78 is 11.6. The first-order valence-electron chi connectivity index (χ1n) is 8.60. The highest BCUT2D eigenvalue weighted by Crippen LogP contribution is 2.23. The van der Waals surface area contributed by atoms with Gasteiger partial charge < -0.3 is 9.47 Å². The molecule has 146 valence electrons. The van der Waals surface area contributed by atoms with Gasteiger partial charge in [0, 0.05) is 18.0 Å². The molecule has 0 aliphatic rings. The Hall–Kier alpha value is -3.20. The Balaban J connectivity index is 1.70. The monoisotopic (exact) mass is 400 g/mol. The van der Waals surface area contributed by atoms with Crippen molar-refractivity contribution in [3.63, 3.8) is 0 Å². The first kappa shape index (κ1) is 19.6. The predicted molar refractivity (Wildman–Crippen MR) is 106 cm³/mol. The van der Waals surface area contributed by atoms with Gasteiger partial charge >= 0.3 is 5.97 Å². The summed E-state index contributed by atoms with van der Waals surface area (Å²) in [5.74, 6) is 0.0771. The van der Waals surface area contributed by atoms with Crippen molar-refractivity contribution in [2.45, 2.75) is 13.3 Å². The number of aryl methyl sites for hydroxylation is 1. The Morgan fingerprint density at radius 2 is 2.00 bits per heavy atom. The molecule has 1 amide bonds. The van der Waals surface area contributed by atoms with Gasteiger partial charge in [0.05, 0.1) is 31.5 Å². The average molecular weight is 400 g/mol. The zero-order chi connectivity index (χ0) is 20.1. The van der Waals surface area contributed by atoms with Gasteiger partial charge in [-0.3, -0.25) is 19.6 Å². The number of hydrogen-bond donors (Lipinski definition) is 1. The van der Waals surface area contributed by atoms with E-state index in [1.807, 2.05) is 24.3 Å². The molecule has 8 nitrogen and oxygen atoms in total. The second-order valence-corrected chi connectivity index (χ2v) is 6.70. The molecule has 9 heteroatoms. The number of aromatic nitrogens is 3. The van der Waals surface area contributed by atoms with E-state index in [2.05, 4.69) is 15.4 Å². The third kappa shape index (κ3) is 4.55. The number of amides is 1. The number of nitrogens with zero attached hydrogens (tertiary/aromatic N) is 3. The van der Waals surface area contributed by atoms with E-state index in [0.29, 0.717) is 28.8 Å². The maximum Gasteiger partial charge on any atom is 0.311 e. The highest BCUT2D eigenvalue weighted by Gasteiger charge is 2.16. The van der Waals surface area contributed by atoms with Crippen LogP contribution in [0.1, 0.15) is 23.1 Å². The van der Waals surface area contributed by atoms with Gasteiger partial charge in [0.15, 0.2) is 5.13 Å². The van der Waals surface area contributed by atoms with Crippen molar-refractivity contribution >= 4 is 28.3 Å².